The Balaban J connectivity index is 2.93. The molecule has 48 valence electrons. The summed E-state index contributed by atoms with van der Waals surface area (Å²) < 4.78 is -0.0637. The van der Waals surface area contributed by atoms with Crippen molar-refractivity contribution in [2.75, 3.05) is 0 Å². The van der Waals surface area contributed by atoms with Crippen molar-refractivity contribution in [2.45, 2.75) is 17.4 Å². The molecule has 0 saturated carbocycles. The third-order valence-corrected chi connectivity index (χ3v) is 3.20. The van der Waals surface area contributed by atoms with E-state index in [4.69, 9.17) is 23.2 Å². The van der Waals surface area contributed by atoms with Gasteiger partial charge in [0.25, 0.3) is 0 Å². The summed E-state index contributed by atoms with van der Waals surface area (Å²) in [5.41, 5.74) is 0. The van der Waals surface area contributed by atoms with E-state index in [1.165, 1.54) is 0 Å². The Morgan fingerprint density at radius 3 is 2.62 bits per heavy atom. The number of allylic oxidation sites excluding steroid dienone is 2. The van der Waals surface area contributed by atoms with E-state index in [9.17, 15) is 0 Å². The van der Waals surface area contributed by atoms with E-state index in [2.05, 4.69) is 6.08 Å². The molecule has 0 aromatic heterocycles. The zero-order valence-electron chi connectivity index (χ0n) is 4.90. The summed E-state index contributed by atoms with van der Waals surface area (Å²) in [7, 11) is -0.221. The highest BCUT2D eigenvalue weighted by atomic mass is 35.5. The molecular weight excluding hydrogens is 159 g/mol. The fraction of sp³-hybridized carbons (Fsp3) is 0.600. The third kappa shape index (κ3) is 6.54. The first-order valence-corrected chi connectivity index (χ1v) is 5.35. The standard InChI is InChI=1S/C5H10Cl2Si/c1-2-3-4-8-5(6)7/h2-3,5H,4,8H2,1H3. The molecule has 0 N–H and O–H groups in total. The first-order chi connectivity index (χ1) is 3.77. The fourth-order valence-corrected chi connectivity index (χ4v) is 1.92. The van der Waals surface area contributed by atoms with Crippen molar-refractivity contribution in [1.82, 2.24) is 0 Å². The molecule has 0 aromatic rings. The smallest absolute Gasteiger partial charge is 0.0910 e. The maximum atomic E-state index is 5.51. The largest absolute Gasteiger partial charge is 0.110 e. The predicted molar refractivity (Wildman–Crippen MR) is 43.7 cm³/mol. The van der Waals surface area contributed by atoms with Crippen LogP contribution in [-0.4, -0.2) is 14.0 Å². The molecule has 0 fully saturated rings. The van der Waals surface area contributed by atoms with Gasteiger partial charge in [-0.1, -0.05) is 12.2 Å². The van der Waals surface area contributed by atoms with Gasteiger partial charge in [-0.15, -0.1) is 23.2 Å². The molecule has 3 heteroatoms. The molecule has 0 radical (unpaired) electrons. The van der Waals surface area contributed by atoms with Crippen molar-refractivity contribution >= 4 is 32.7 Å². The molecule has 0 aliphatic rings. The zero-order valence-corrected chi connectivity index (χ0v) is 7.83. The molecular formula is C5H10Cl2Si. The van der Waals surface area contributed by atoms with Gasteiger partial charge in [0, 0.05) is 0 Å². The van der Waals surface area contributed by atoms with Crippen molar-refractivity contribution in [3.8, 4) is 0 Å². The van der Waals surface area contributed by atoms with Gasteiger partial charge < -0.3 is 0 Å². The number of rotatable bonds is 3. The molecule has 0 nitrogen and oxygen atoms in total. The van der Waals surface area contributed by atoms with Crippen molar-refractivity contribution in [3.63, 3.8) is 0 Å². The summed E-state index contributed by atoms with van der Waals surface area (Å²) in [5.74, 6) is 0. The van der Waals surface area contributed by atoms with E-state index in [1.54, 1.807) is 0 Å². The molecule has 8 heavy (non-hydrogen) atoms. The van der Waals surface area contributed by atoms with Gasteiger partial charge in [-0.2, -0.15) is 0 Å². The van der Waals surface area contributed by atoms with Crippen LogP contribution in [0.25, 0.3) is 0 Å². The van der Waals surface area contributed by atoms with Crippen molar-refractivity contribution < 1.29 is 0 Å². The maximum absolute atomic E-state index is 5.51. The third-order valence-electron chi connectivity index (χ3n) is 0.787. The fourth-order valence-electron chi connectivity index (χ4n) is 0.389. The zero-order chi connectivity index (χ0) is 6.41. The molecule has 0 unspecified atom stereocenters. The van der Waals surface area contributed by atoms with Crippen LogP contribution in [0.2, 0.25) is 6.04 Å². The Labute approximate surface area is 62.7 Å². The lowest BCUT2D eigenvalue weighted by atomic mass is 10.6. The van der Waals surface area contributed by atoms with E-state index >= 15 is 0 Å². The summed E-state index contributed by atoms with van der Waals surface area (Å²) in [6.45, 7) is 2.01. The minimum absolute atomic E-state index is 0.0637. The second kappa shape index (κ2) is 5.67. The highest BCUT2D eigenvalue weighted by Gasteiger charge is 1.94. The number of alkyl halides is 2. The molecule has 0 bridgehead atoms. The Morgan fingerprint density at radius 1 is 1.62 bits per heavy atom. The summed E-state index contributed by atoms with van der Waals surface area (Å²) in [6, 6.07) is 1.12. The second-order valence-electron chi connectivity index (χ2n) is 1.54. The first kappa shape index (κ1) is 8.54. The van der Waals surface area contributed by atoms with Gasteiger partial charge >= 0.3 is 0 Å². The average Bonchev–Trinajstić information content (AvgIpc) is 1.66. The minimum atomic E-state index is -0.221. The lowest BCUT2D eigenvalue weighted by Gasteiger charge is -1.91. The second-order valence-corrected chi connectivity index (χ2v) is 5.82. The van der Waals surface area contributed by atoms with E-state index in [0.717, 1.165) is 6.04 Å². The molecule has 0 spiro atoms. The lowest BCUT2D eigenvalue weighted by molar-refractivity contribution is 1.58. The Kier molecular flexibility index (Phi) is 6.05. The first-order valence-electron chi connectivity index (χ1n) is 2.66. The van der Waals surface area contributed by atoms with Gasteiger partial charge in [0.1, 0.15) is 0 Å². The van der Waals surface area contributed by atoms with Crippen LogP contribution in [0.3, 0.4) is 0 Å². The summed E-state index contributed by atoms with van der Waals surface area (Å²) in [5, 5.41) is 0. The van der Waals surface area contributed by atoms with Gasteiger partial charge in [-0.25, -0.2) is 0 Å². The Bertz CT molecular complexity index is 70.8. The quantitative estimate of drug-likeness (QED) is 0.344. The Hall–Kier alpha value is 0.537. The molecule has 0 atom stereocenters. The van der Waals surface area contributed by atoms with Gasteiger partial charge in [-0.3, -0.25) is 0 Å². The van der Waals surface area contributed by atoms with E-state index in [-0.39, 0.29) is 14.0 Å². The van der Waals surface area contributed by atoms with Gasteiger partial charge in [-0.05, 0) is 13.0 Å². The summed E-state index contributed by atoms with van der Waals surface area (Å²) in [4.78, 5) is 0. The van der Waals surface area contributed by atoms with Crippen LogP contribution in [0, 0.1) is 0 Å². The van der Waals surface area contributed by atoms with Crippen molar-refractivity contribution in [3.05, 3.63) is 12.2 Å². The maximum Gasteiger partial charge on any atom is 0.0910 e. The van der Waals surface area contributed by atoms with Gasteiger partial charge in [0.2, 0.25) is 0 Å². The van der Waals surface area contributed by atoms with Crippen LogP contribution in [0.15, 0.2) is 12.2 Å². The van der Waals surface area contributed by atoms with Crippen LogP contribution in [0.5, 0.6) is 0 Å². The average molecular weight is 169 g/mol. The van der Waals surface area contributed by atoms with Gasteiger partial charge in [0.05, 0.1) is 14.0 Å². The number of halogens is 2. The van der Waals surface area contributed by atoms with Crippen LogP contribution < -0.4 is 0 Å². The monoisotopic (exact) mass is 168 g/mol. The van der Waals surface area contributed by atoms with Crippen LogP contribution in [0.4, 0.5) is 0 Å². The molecule has 0 aliphatic heterocycles. The normalized spacial score (nSPS) is 13.0. The molecule has 0 aliphatic carbocycles. The van der Waals surface area contributed by atoms with E-state index < -0.39 is 0 Å². The summed E-state index contributed by atoms with van der Waals surface area (Å²) >= 11 is 11.0. The topological polar surface area (TPSA) is 0 Å². The predicted octanol–water partition coefficient (Wildman–Crippen LogP) is 1.91. The number of hydrogen-bond acceptors (Lipinski definition) is 0. The van der Waals surface area contributed by atoms with Crippen molar-refractivity contribution in [1.29, 1.82) is 0 Å². The van der Waals surface area contributed by atoms with Crippen LogP contribution >= 0.6 is 23.2 Å². The molecule has 0 saturated heterocycles. The Morgan fingerprint density at radius 2 is 2.25 bits per heavy atom. The SMILES string of the molecule is CC=CC[SiH2]C(Cl)Cl. The van der Waals surface area contributed by atoms with Crippen molar-refractivity contribution in [2.24, 2.45) is 0 Å². The number of hydrogen-bond donors (Lipinski definition) is 0. The van der Waals surface area contributed by atoms with Crippen LogP contribution in [0.1, 0.15) is 6.92 Å². The highest BCUT2D eigenvalue weighted by Crippen LogP contribution is 2.00. The highest BCUT2D eigenvalue weighted by molar-refractivity contribution is 6.68. The lowest BCUT2D eigenvalue weighted by Crippen LogP contribution is -1.97. The molecule has 0 amide bonds. The van der Waals surface area contributed by atoms with E-state index in [1.807, 2.05) is 13.0 Å². The molecule has 0 aromatic carbocycles. The van der Waals surface area contributed by atoms with Crippen LogP contribution in [-0.2, 0) is 0 Å². The summed E-state index contributed by atoms with van der Waals surface area (Å²) in [6.07, 6.45) is 4.15. The minimum Gasteiger partial charge on any atom is -0.110 e. The molecule has 0 heterocycles. The van der Waals surface area contributed by atoms with Gasteiger partial charge in [0.15, 0.2) is 0 Å². The van der Waals surface area contributed by atoms with E-state index in [0.29, 0.717) is 0 Å². The molecule has 0 rings (SSSR count).